The molecule has 2 heterocycles. The molecule has 3 aromatic rings. The van der Waals surface area contributed by atoms with E-state index >= 15 is 0 Å². The van der Waals surface area contributed by atoms with Crippen molar-refractivity contribution in [1.82, 2.24) is 25.3 Å². The van der Waals surface area contributed by atoms with E-state index in [9.17, 15) is 19.1 Å². The number of hydrogen-bond acceptors (Lipinski definition) is 7. The van der Waals surface area contributed by atoms with E-state index in [0.717, 1.165) is 16.8 Å². The number of aromatic carboxylic acids is 1. The SMILES string of the molecule is C=Cc1cc(NC(=O)c2cc(N)c3nnnn3n2)c(C(=O)O)cc1F. The Balaban J connectivity index is 2.01. The van der Waals surface area contributed by atoms with Gasteiger partial charge in [-0.25, -0.2) is 9.18 Å². The molecule has 1 amide bonds. The van der Waals surface area contributed by atoms with Gasteiger partial charge in [-0.3, -0.25) is 4.79 Å². The molecule has 0 aliphatic rings. The Morgan fingerprint density at radius 1 is 1.36 bits per heavy atom. The predicted molar refractivity (Wildman–Crippen MR) is 84.4 cm³/mol. The maximum absolute atomic E-state index is 13.7. The number of amides is 1. The maximum Gasteiger partial charge on any atom is 0.337 e. The van der Waals surface area contributed by atoms with Gasteiger partial charge in [0.05, 0.1) is 16.9 Å². The van der Waals surface area contributed by atoms with Crippen LogP contribution in [-0.4, -0.2) is 42.2 Å². The van der Waals surface area contributed by atoms with Gasteiger partial charge in [-0.15, -0.1) is 14.8 Å². The third-order valence-corrected chi connectivity index (χ3v) is 3.27. The molecule has 0 unspecified atom stereocenters. The smallest absolute Gasteiger partial charge is 0.337 e. The van der Waals surface area contributed by atoms with Gasteiger partial charge in [-0.1, -0.05) is 12.7 Å². The maximum atomic E-state index is 13.7. The first-order chi connectivity index (χ1) is 11.9. The van der Waals surface area contributed by atoms with Crippen LogP contribution in [0.1, 0.15) is 26.4 Å². The summed E-state index contributed by atoms with van der Waals surface area (Å²) in [4.78, 5) is 23.6. The third kappa shape index (κ3) is 2.85. The highest BCUT2D eigenvalue weighted by atomic mass is 19.1. The average molecular weight is 343 g/mol. The zero-order valence-electron chi connectivity index (χ0n) is 12.5. The van der Waals surface area contributed by atoms with Crippen LogP contribution in [-0.2, 0) is 0 Å². The van der Waals surface area contributed by atoms with Gasteiger partial charge < -0.3 is 16.2 Å². The number of rotatable bonds is 4. The summed E-state index contributed by atoms with van der Waals surface area (Å²) < 4.78 is 14.7. The standard InChI is InChI=1S/C14H10FN7O3/c1-2-6-3-10(7(14(24)25)4-8(6)15)17-13(23)11-5-9(16)12-18-20-21-22(12)19-11/h2-5H,1,16H2,(H,17,23)(H,24,25). The molecule has 0 aliphatic carbocycles. The predicted octanol–water partition coefficient (Wildman–Crippen LogP) is 0.834. The quantitative estimate of drug-likeness (QED) is 0.631. The summed E-state index contributed by atoms with van der Waals surface area (Å²) >= 11 is 0. The van der Waals surface area contributed by atoms with E-state index in [0.29, 0.717) is 0 Å². The number of anilines is 2. The van der Waals surface area contributed by atoms with E-state index in [1.54, 1.807) is 0 Å². The van der Waals surface area contributed by atoms with Crippen molar-refractivity contribution in [2.24, 2.45) is 0 Å². The lowest BCUT2D eigenvalue weighted by molar-refractivity contribution is 0.0697. The average Bonchev–Trinajstić information content (AvgIpc) is 3.04. The summed E-state index contributed by atoms with van der Waals surface area (Å²) in [7, 11) is 0. The van der Waals surface area contributed by atoms with Gasteiger partial charge in [-0.05, 0) is 28.6 Å². The Kier molecular flexibility index (Phi) is 3.81. The lowest BCUT2D eigenvalue weighted by Crippen LogP contribution is -2.18. The Morgan fingerprint density at radius 2 is 2.12 bits per heavy atom. The number of nitrogens with one attached hydrogen (secondary N) is 1. The normalized spacial score (nSPS) is 10.6. The van der Waals surface area contributed by atoms with Crippen LogP contribution in [0.3, 0.4) is 0 Å². The molecule has 0 radical (unpaired) electrons. The van der Waals surface area contributed by atoms with Gasteiger partial charge in [0.15, 0.2) is 5.69 Å². The summed E-state index contributed by atoms with van der Waals surface area (Å²) in [5, 5.41) is 26.0. The molecule has 10 nitrogen and oxygen atoms in total. The number of fused-ring (bicyclic) bond motifs is 1. The first-order valence-corrected chi connectivity index (χ1v) is 6.76. The number of tetrazole rings is 1. The van der Waals surface area contributed by atoms with Crippen LogP contribution in [0.25, 0.3) is 11.7 Å². The Bertz CT molecular complexity index is 1030. The fourth-order valence-corrected chi connectivity index (χ4v) is 2.09. The number of nitrogens with zero attached hydrogens (tertiary/aromatic N) is 5. The zero-order chi connectivity index (χ0) is 18.1. The number of benzene rings is 1. The van der Waals surface area contributed by atoms with Gasteiger partial charge in [-0.2, -0.15) is 0 Å². The number of halogens is 1. The molecular weight excluding hydrogens is 333 g/mol. The second-order valence-electron chi connectivity index (χ2n) is 4.86. The van der Waals surface area contributed by atoms with Crippen molar-refractivity contribution in [3.8, 4) is 0 Å². The van der Waals surface area contributed by atoms with Gasteiger partial charge in [0.1, 0.15) is 5.82 Å². The fourth-order valence-electron chi connectivity index (χ4n) is 2.09. The number of carboxylic acid groups (broad SMARTS) is 1. The topological polar surface area (TPSA) is 148 Å². The van der Waals surface area contributed by atoms with Crippen LogP contribution < -0.4 is 11.1 Å². The summed E-state index contributed by atoms with van der Waals surface area (Å²) in [6.07, 6.45) is 1.19. The molecule has 0 aliphatic heterocycles. The fraction of sp³-hybridized carbons (Fsp3) is 0. The molecule has 4 N–H and O–H groups in total. The molecule has 1 aromatic carbocycles. The molecule has 0 fully saturated rings. The summed E-state index contributed by atoms with van der Waals surface area (Å²) in [5.74, 6) is -2.95. The van der Waals surface area contributed by atoms with Crippen LogP contribution in [0.15, 0.2) is 24.8 Å². The molecule has 126 valence electrons. The number of carbonyl (C=O) groups is 2. The number of hydrogen-bond donors (Lipinski definition) is 3. The van der Waals surface area contributed by atoms with Crippen LogP contribution in [0.2, 0.25) is 0 Å². The second-order valence-corrected chi connectivity index (χ2v) is 4.86. The van der Waals surface area contributed by atoms with Crippen molar-refractivity contribution in [1.29, 1.82) is 0 Å². The summed E-state index contributed by atoms with van der Waals surface area (Å²) in [6, 6.07) is 3.18. The molecule has 0 bridgehead atoms. The van der Waals surface area contributed by atoms with Gasteiger partial charge in [0.25, 0.3) is 5.91 Å². The van der Waals surface area contributed by atoms with Crippen molar-refractivity contribution in [3.63, 3.8) is 0 Å². The first-order valence-electron chi connectivity index (χ1n) is 6.76. The zero-order valence-corrected chi connectivity index (χ0v) is 12.5. The lowest BCUT2D eigenvalue weighted by Gasteiger charge is -2.10. The number of carboxylic acids is 1. The van der Waals surface area contributed by atoms with Gasteiger partial charge >= 0.3 is 5.97 Å². The molecule has 3 rings (SSSR count). The lowest BCUT2D eigenvalue weighted by atomic mass is 10.1. The molecule has 0 spiro atoms. The number of nitrogens with two attached hydrogens (primary N) is 1. The van der Waals surface area contributed by atoms with Crippen molar-refractivity contribution in [2.45, 2.75) is 0 Å². The van der Waals surface area contributed by atoms with E-state index < -0.39 is 23.3 Å². The molecular formula is C14H10FN7O3. The minimum absolute atomic E-state index is 0.0312. The van der Waals surface area contributed by atoms with Crippen LogP contribution >= 0.6 is 0 Å². The van der Waals surface area contributed by atoms with Crippen molar-refractivity contribution in [2.75, 3.05) is 11.1 Å². The highest BCUT2D eigenvalue weighted by Crippen LogP contribution is 2.23. The number of aromatic nitrogens is 5. The van der Waals surface area contributed by atoms with Gasteiger partial charge in [0.2, 0.25) is 5.65 Å². The van der Waals surface area contributed by atoms with Crippen molar-refractivity contribution < 1.29 is 19.1 Å². The minimum Gasteiger partial charge on any atom is -0.478 e. The Hall–Kier alpha value is -3.89. The summed E-state index contributed by atoms with van der Waals surface area (Å²) in [5.41, 5.74) is 5.34. The van der Waals surface area contributed by atoms with E-state index in [-0.39, 0.29) is 28.3 Å². The third-order valence-electron chi connectivity index (χ3n) is 3.27. The van der Waals surface area contributed by atoms with E-state index in [2.05, 4.69) is 32.5 Å². The minimum atomic E-state index is -1.41. The highest BCUT2D eigenvalue weighted by Gasteiger charge is 2.19. The van der Waals surface area contributed by atoms with Crippen molar-refractivity contribution in [3.05, 3.63) is 47.4 Å². The number of carbonyl (C=O) groups excluding carboxylic acids is 1. The molecule has 25 heavy (non-hydrogen) atoms. The Labute approximate surface area is 138 Å². The summed E-state index contributed by atoms with van der Waals surface area (Å²) in [6.45, 7) is 3.43. The molecule has 0 atom stereocenters. The second kappa shape index (κ2) is 5.96. The number of nitrogen functional groups attached to an aromatic ring is 1. The monoisotopic (exact) mass is 343 g/mol. The molecule has 0 saturated carbocycles. The van der Waals surface area contributed by atoms with Crippen molar-refractivity contribution >= 4 is 35.0 Å². The van der Waals surface area contributed by atoms with Crippen LogP contribution in [0.5, 0.6) is 0 Å². The Morgan fingerprint density at radius 3 is 2.80 bits per heavy atom. The highest BCUT2D eigenvalue weighted by molar-refractivity contribution is 6.07. The van der Waals surface area contributed by atoms with E-state index in [1.807, 2.05) is 0 Å². The first kappa shape index (κ1) is 16.0. The largest absolute Gasteiger partial charge is 0.478 e. The van der Waals surface area contributed by atoms with Crippen LogP contribution in [0.4, 0.5) is 15.8 Å². The molecule has 11 heteroatoms. The molecule has 0 saturated heterocycles. The van der Waals surface area contributed by atoms with Gasteiger partial charge in [0, 0.05) is 5.56 Å². The van der Waals surface area contributed by atoms with E-state index in [1.165, 1.54) is 12.1 Å². The van der Waals surface area contributed by atoms with Crippen LogP contribution in [0, 0.1) is 5.82 Å². The van der Waals surface area contributed by atoms with E-state index in [4.69, 9.17) is 5.73 Å². The molecule has 2 aromatic heterocycles.